The van der Waals surface area contributed by atoms with E-state index in [0.29, 0.717) is 45.9 Å². The Bertz CT molecular complexity index is 1470. The average molecular weight is 667 g/mol. The first-order valence-electron chi connectivity index (χ1n) is 17.7. The van der Waals surface area contributed by atoms with Crippen molar-refractivity contribution in [3.05, 3.63) is 144 Å². The van der Waals surface area contributed by atoms with Crippen LogP contribution < -0.4 is 0 Å². The number of rotatable bonds is 16. The predicted octanol–water partition coefficient (Wildman–Crippen LogP) is 8.25. The molecule has 2 aliphatic heterocycles. The molecule has 4 aromatic rings. The van der Waals surface area contributed by atoms with Crippen molar-refractivity contribution >= 4 is 0 Å². The summed E-state index contributed by atoms with van der Waals surface area (Å²) in [6, 6.07) is 40.9. The Hall–Kier alpha value is -3.40. The molecular formula is C42H50O7. The van der Waals surface area contributed by atoms with Crippen molar-refractivity contribution in [1.82, 2.24) is 0 Å². The second kappa shape index (κ2) is 18.6. The standard InChI is InChI=1S/C42H50O7/c1-3-36-31(2)37(44-27-33-18-10-5-11-19-33)24-40(47-36)49-41-25-38(45-28-34-20-12-6-13-21-34)42(46-29-35-22-14-7-15-23-35)39(48-41)30-43-26-32-16-8-4-9-17-32/h4-23,31,36-42H,3,24-30H2,1-2H3/t31-,36?,37-,38?,39?,40-,41-,42+/m1/s1. The van der Waals surface area contributed by atoms with Gasteiger partial charge in [0.25, 0.3) is 0 Å². The van der Waals surface area contributed by atoms with Crippen LogP contribution in [0.25, 0.3) is 0 Å². The van der Waals surface area contributed by atoms with Crippen molar-refractivity contribution in [1.29, 1.82) is 0 Å². The fraction of sp³-hybridized carbons (Fsp3) is 0.429. The molecule has 0 radical (unpaired) electrons. The SMILES string of the molecule is CCC1O[C@H](O[C@@H]2CC(OCc3ccccc3)[C@H](OCc3ccccc3)C(COCc3ccccc3)O2)C[C@@H](OCc2ccccc2)[C@@H]1C. The highest BCUT2D eigenvalue weighted by atomic mass is 16.8. The smallest absolute Gasteiger partial charge is 0.163 e. The Kier molecular flexibility index (Phi) is 13.4. The summed E-state index contributed by atoms with van der Waals surface area (Å²) in [5.41, 5.74) is 4.43. The molecule has 2 aliphatic rings. The van der Waals surface area contributed by atoms with E-state index in [1.54, 1.807) is 0 Å². The normalized spacial score (nSPS) is 27.1. The van der Waals surface area contributed by atoms with E-state index in [2.05, 4.69) is 62.4 Å². The van der Waals surface area contributed by atoms with Crippen molar-refractivity contribution in [2.45, 2.75) is 103 Å². The van der Waals surface area contributed by atoms with Gasteiger partial charge in [0.2, 0.25) is 0 Å². The lowest BCUT2D eigenvalue weighted by atomic mass is 9.91. The van der Waals surface area contributed by atoms with Crippen LogP contribution in [0, 0.1) is 5.92 Å². The van der Waals surface area contributed by atoms with Gasteiger partial charge in [-0.05, 0) is 28.7 Å². The molecule has 0 amide bonds. The first kappa shape index (κ1) is 35.4. The minimum atomic E-state index is -0.576. The van der Waals surface area contributed by atoms with Crippen molar-refractivity contribution in [2.24, 2.45) is 5.92 Å². The molecule has 0 N–H and O–H groups in total. The molecule has 49 heavy (non-hydrogen) atoms. The van der Waals surface area contributed by atoms with Gasteiger partial charge in [0.1, 0.15) is 12.2 Å². The summed E-state index contributed by atoms with van der Waals surface area (Å²) in [5, 5.41) is 0. The summed E-state index contributed by atoms with van der Waals surface area (Å²) in [4.78, 5) is 0. The van der Waals surface area contributed by atoms with E-state index in [9.17, 15) is 0 Å². The molecule has 2 heterocycles. The molecule has 0 saturated carbocycles. The second-order valence-electron chi connectivity index (χ2n) is 13.0. The van der Waals surface area contributed by atoms with E-state index in [4.69, 9.17) is 33.2 Å². The van der Waals surface area contributed by atoms with Crippen LogP contribution in [0.3, 0.4) is 0 Å². The Balaban J connectivity index is 1.17. The zero-order valence-electron chi connectivity index (χ0n) is 28.7. The molecule has 0 spiro atoms. The summed E-state index contributed by atoms with van der Waals surface area (Å²) in [6.45, 7) is 6.58. The minimum absolute atomic E-state index is 0.00965. The lowest BCUT2D eigenvalue weighted by Crippen LogP contribution is -2.54. The first-order valence-corrected chi connectivity index (χ1v) is 17.7. The van der Waals surface area contributed by atoms with Crippen LogP contribution in [-0.4, -0.2) is 49.7 Å². The van der Waals surface area contributed by atoms with E-state index in [-0.39, 0.29) is 30.3 Å². The quantitative estimate of drug-likeness (QED) is 0.119. The third-order valence-corrected chi connectivity index (χ3v) is 9.41. The fourth-order valence-electron chi connectivity index (χ4n) is 6.64. The maximum atomic E-state index is 6.70. The number of ether oxygens (including phenoxy) is 7. The second-order valence-corrected chi connectivity index (χ2v) is 13.0. The van der Waals surface area contributed by atoms with Gasteiger partial charge in [0, 0.05) is 18.8 Å². The van der Waals surface area contributed by atoms with Crippen molar-refractivity contribution in [3.8, 4) is 0 Å². The van der Waals surface area contributed by atoms with Crippen LogP contribution in [0.2, 0.25) is 0 Å². The van der Waals surface area contributed by atoms with Gasteiger partial charge >= 0.3 is 0 Å². The van der Waals surface area contributed by atoms with E-state index >= 15 is 0 Å². The van der Waals surface area contributed by atoms with Crippen molar-refractivity contribution in [2.75, 3.05) is 6.61 Å². The molecule has 260 valence electrons. The lowest BCUT2D eigenvalue weighted by Gasteiger charge is -2.44. The molecule has 2 saturated heterocycles. The largest absolute Gasteiger partial charge is 0.374 e. The zero-order chi connectivity index (χ0) is 33.7. The molecule has 7 nitrogen and oxygen atoms in total. The topological polar surface area (TPSA) is 64.6 Å². The molecule has 4 aromatic carbocycles. The predicted molar refractivity (Wildman–Crippen MR) is 188 cm³/mol. The molecule has 8 atom stereocenters. The van der Waals surface area contributed by atoms with E-state index in [1.807, 2.05) is 72.8 Å². The highest BCUT2D eigenvalue weighted by molar-refractivity contribution is 5.16. The summed E-state index contributed by atoms with van der Waals surface area (Å²) in [5.74, 6) is 0.234. The van der Waals surface area contributed by atoms with Gasteiger partial charge in [-0.1, -0.05) is 135 Å². The molecular weight excluding hydrogens is 616 g/mol. The zero-order valence-corrected chi connectivity index (χ0v) is 28.7. The highest BCUT2D eigenvalue weighted by Gasteiger charge is 2.44. The maximum Gasteiger partial charge on any atom is 0.163 e. The van der Waals surface area contributed by atoms with Gasteiger partial charge < -0.3 is 33.2 Å². The maximum absolute atomic E-state index is 6.70. The monoisotopic (exact) mass is 666 g/mol. The van der Waals surface area contributed by atoms with Crippen LogP contribution >= 0.6 is 0 Å². The van der Waals surface area contributed by atoms with Crippen LogP contribution in [0.15, 0.2) is 121 Å². The number of hydrogen-bond donors (Lipinski definition) is 0. The third-order valence-electron chi connectivity index (χ3n) is 9.41. The van der Waals surface area contributed by atoms with Crippen molar-refractivity contribution < 1.29 is 33.2 Å². The lowest BCUT2D eigenvalue weighted by molar-refractivity contribution is -0.337. The van der Waals surface area contributed by atoms with Crippen LogP contribution in [0.1, 0.15) is 55.4 Å². The molecule has 0 aliphatic carbocycles. The number of benzene rings is 4. The van der Waals surface area contributed by atoms with E-state index in [0.717, 1.165) is 28.7 Å². The Morgan fingerprint density at radius 2 is 0.959 bits per heavy atom. The molecule has 2 fully saturated rings. The van der Waals surface area contributed by atoms with Crippen LogP contribution in [-0.2, 0) is 59.6 Å². The average Bonchev–Trinajstić information content (AvgIpc) is 3.15. The summed E-state index contributed by atoms with van der Waals surface area (Å²) >= 11 is 0. The van der Waals surface area contributed by atoms with Gasteiger partial charge in [-0.15, -0.1) is 0 Å². The summed E-state index contributed by atoms with van der Waals surface area (Å²) in [6.07, 6.45) is -0.188. The molecule has 6 rings (SSSR count). The van der Waals surface area contributed by atoms with Gasteiger partial charge in [-0.25, -0.2) is 0 Å². The van der Waals surface area contributed by atoms with Crippen LogP contribution in [0.5, 0.6) is 0 Å². The Morgan fingerprint density at radius 1 is 0.531 bits per heavy atom. The Morgan fingerprint density at radius 3 is 1.47 bits per heavy atom. The third kappa shape index (κ3) is 10.5. The van der Waals surface area contributed by atoms with Gasteiger partial charge in [0.15, 0.2) is 12.6 Å². The number of hydrogen-bond acceptors (Lipinski definition) is 7. The fourth-order valence-corrected chi connectivity index (χ4v) is 6.64. The summed E-state index contributed by atoms with van der Waals surface area (Å²) < 4.78 is 45.9. The summed E-state index contributed by atoms with van der Waals surface area (Å²) in [7, 11) is 0. The molecule has 0 aromatic heterocycles. The molecule has 0 bridgehead atoms. The molecule has 7 heteroatoms. The van der Waals surface area contributed by atoms with E-state index < -0.39 is 18.7 Å². The minimum Gasteiger partial charge on any atom is -0.374 e. The molecule has 3 unspecified atom stereocenters. The first-order chi connectivity index (χ1) is 24.1. The highest BCUT2D eigenvalue weighted by Crippen LogP contribution is 2.34. The van der Waals surface area contributed by atoms with Crippen molar-refractivity contribution in [3.63, 3.8) is 0 Å². The van der Waals surface area contributed by atoms with Gasteiger partial charge in [-0.3, -0.25) is 0 Å². The Labute approximate surface area is 291 Å². The van der Waals surface area contributed by atoms with E-state index in [1.165, 1.54) is 0 Å². The van der Waals surface area contributed by atoms with Gasteiger partial charge in [0.05, 0.1) is 51.3 Å². The van der Waals surface area contributed by atoms with Crippen LogP contribution in [0.4, 0.5) is 0 Å². The van der Waals surface area contributed by atoms with Gasteiger partial charge in [-0.2, -0.15) is 0 Å².